The molecule has 0 bridgehead atoms. The SMILES string of the molecule is COc1ccccc1C(=O)N1CCc2c(c(-c3nc(-c4ccc(F)cc4)no3)nn2C)C1. The molecule has 2 aromatic heterocycles. The summed E-state index contributed by atoms with van der Waals surface area (Å²) in [6.07, 6.45) is 0.651. The molecule has 0 fully saturated rings. The summed E-state index contributed by atoms with van der Waals surface area (Å²) >= 11 is 0. The molecule has 9 heteroatoms. The Labute approximate surface area is 183 Å². The van der Waals surface area contributed by atoms with Gasteiger partial charge in [0.1, 0.15) is 11.6 Å². The minimum atomic E-state index is -0.337. The first-order chi connectivity index (χ1) is 15.5. The molecule has 0 N–H and O–H groups in total. The molecule has 32 heavy (non-hydrogen) atoms. The Morgan fingerprint density at radius 2 is 1.94 bits per heavy atom. The fraction of sp³-hybridized carbons (Fsp3) is 0.217. The molecule has 0 radical (unpaired) electrons. The average molecular weight is 433 g/mol. The van der Waals surface area contributed by atoms with Gasteiger partial charge in [0.05, 0.1) is 19.2 Å². The van der Waals surface area contributed by atoms with Crippen LogP contribution in [0.25, 0.3) is 23.0 Å². The normalized spacial score (nSPS) is 13.2. The third-order valence-electron chi connectivity index (χ3n) is 5.60. The second kappa shape index (κ2) is 7.92. The van der Waals surface area contributed by atoms with Gasteiger partial charge < -0.3 is 14.2 Å². The highest BCUT2D eigenvalue weighted by atomic mass is 19.1. The zero-order chi connectivity index (χ0) is 22.2. The van der Waals surface area contributed by atoms with Gasteiger partial charge >= 0.3 is 0 Å². The zero-order valence-corrected chi connectivity index (χ0v) is 17.6. The largest absolute Gasteiger partial charge is 0.496 e. The third kappa shape index (κ3) is 3.41. The Kier molecular flexibility index (Phi) is 4.93. The Balaban J connectivity index is 1.46. The van der Waals surface area contributed by atoms with Gasteiger partial charge in [0.15, 0.2) is 5.69 Å². The number of para-hydroxylation sites is 1. The van der Waals surface area contributed by atoms with Crippen LogP contribution in [0.5, 0.6) is 5.75 Å². The zero-order valence-electron chi connectivity index (χ0n) is 17.6. The van der Waals surface area contributed by atoms with E-state index in [1.807, 2.05) is 19.2 Å². The van der Waals surface area contributed by atoms with Crippen LogP contribution >= 0.6 is 0 Å². The van der Waals surface area contributed by atoms with Crippen molar-refractivity contribution in [2.24, 2.45) is 7.05 Å². The molecule has 0 spiro atoms. The van der Waals surface area contributed by atoms with E-state index in [1.165, 1.54) is 12.1 Å². The lowest BCUT2D eigenvalue weighted by Crippen LogP contribution is -2.36. The monoisotopic (exact) mass is 433 g/mol. The summed E-state index contributed by atoms with van der Waals surface area (Å²) in [6, 6.07) is 13.0. The van der Waals surface area contributed by atoms with Gasteiger partial charge in [-0.25, -0.2) is 4.39 Å². The van der Waals surface area contributed by atoms with Crippen LogP contribution in [0, 0.1) is 5.82 Å². The van der Waals surface area contributed by atoms with Gasteiger partial charge in [-0.1, -0.05) is 17.3 Å². The van der Waals surface area contributed by atoms with Gasteiger partial charge in [0.2, 0.25) is 5.82 Å². The molecule has 0 aliphatic carbocycles. The van der Waals surface area contributed by atoms with Crippen LogP contribution in [0.1, 0.15) is 21.6 Å². The van der Waals surface area contributed by atoms with Gasteiger partial charge in [-0.15, -0.1) is 0 Å². The van der Waals surface area contributed by atoms with Gasteiger partial charge in [-0.3, -0.25) is 9.48 Å². The van der Waals surface area contributed by atoms with E-state index in [0.717, 1.165) is 11.3 Å². The number of ether oxygens (including phenoxy) is 1. The molecular weight excluding hydrogens is 413 g/mol. The van der Waals surface area contributed by atoms with Crippen LogP contribution in [-0.2, 0) is 20.0 Å². The van der Waals surface area contributed by atoms with Gasteiger partial charge in [0, 0.05) is 36.8 Å². The summed E-state index contributed by atoms with van der Waals surface area (Å²) in [5, 5.41) is 8.60. The molecular formula is C23H20FN5O3. The van der Waals surface area contributed by atoms with Crippen molar-refractivity contribution in [3.8, 4) is 28.7 Å². The predicted octanol–water partition coefficient (Wildman–Crippen LogP) is 3.48. The Morgan fingerprint density at radius 1 is 1.16 bits per heavy atom. The number of fused-ring (bicyclic) bond motifs is 1. The number of nitrogens with zero attached hydrogens (tertiary/aromatic N) is 5. The highest BCUT2D eigenvalue weighted by molar-refractivity contribution is 5.97. The van der Waals surface area contributed by atoms with Crippen LogP contribution in [0.3, 0.4) is 0 Å². The number of aryl methyl sites for hydroxylation is 1. The van der Waals surface area contributed by atoms with Crippen molar-refractivity contribution in [1.29, 1.82) is 0 Å². The molecule has 0 unspecified atom stereocenters. The Morgan fingerprint density at radius 3 is 2.72 bits per heavy atom. The second-order valence-electron chi connectivity index (χ2n) is 7.50. The minimum absolute atomic E-state index is 0.111. The van der Waals surface area contributed by atoms with Crippen molar-refractivity contribution < 1.29 is 18.4 Å². The fourth-order valence-electron chi connectivity index (χ4n) is 3.97. The molecule has 0 atom stereocenters. The number of rotatable bonds is 4. The lowest BCUT2D eigenvalue weighted by molar-refractivity contribution is 0.0730. The number of methoxy groups -OCH3 is 1. The number of amides is 1. The lowest BCUT2D eigenvalue weighted by atomic mass is 10.0. The van der Waals surface area contributed by atoms with E-state index in [1.54, 1.807) is 41.0 Å². The summed E-state index contributed by atoms with van der Waals surface area (Å²) in [7, 11) is 3.41. The minimum Gasteiger partial charge on any atom is -0.496 e. The van der Waals surface area contributed by atoms with E-state index in [2.05, 4.69) is 15.2 Å². The van der Waals surface area contributed by atoms with E-state index in [4.69, 9.17) is 9.26 Å². The standard InChI is InChI=1S/C23H20FN5O3/c1-28-18-11-12-29(23(30)16-5-3-4-6-19(16)31-2)13-17(18)20(26-28)22-25-21(27-32-22)14-7-9-15(24)10-8-14/h3-10H,11-13H2,1-2H3. The molecule has 0 saturated heterocycles. The third-order valence-corrected chi connectivity index (χ3v) is 5.60. The van der Waals surface area contributed by atoms with Crippen LogP contribution in [0.15, 0.2) is 53.1 Å². The van der Waals surface area contributed by atoms with Crippen molar-refractivity contribution in [1.82, 2.24) is 24.8 Å². The molecule has 1 aliphatic rings. The van der Waals surface area contributed by atoms with Crippen molar-refractivity contribution in [2.75, 3.05) is 13.7 Å². The van der Waals surface area contributed by atoms with E-state index in [0.29, 0.717) is 47.9 Å². The number of halogens is 1. The van der Waals surface area contributed by atoms with Crippen LogP contribution in [-0.4, -0.2) is 44.4 Å². The first kappa shape index (κ1) is 19.9. The molecule has 1 amide bonds. The quantitative estimate of drug-likeness (QED) is 0.490. The highest BCUT2D eigenvalue weighted by Crippen LogP contribution is 2.31. The Hall–Kier alpha value is -4.01. The van der Waals surface area contributed by atoms with Crippen LogP contribution in [0.4, 0.5) is 4.39 Å². The number of carbonyl (C=O) groups is 1. The molecule has 5 rings (SSSR count). The van der Waals surface area contributed by atoms with Gasteiger partial charge in [-0.2, -0.15) is 10.1 Å². The lowest BCUT2D eigenvalue weighted by Gasteiger charge is -2.28. The summed E-state index contributed by atoms with van der Waals surface area (Å²) in [6.45, 7) is 0.928. The predicted molar refractivity (Wildman–Crippen MR) is 113 cm³/mol. The Bertz CT molecular complexity index is 1300. The molecule has 4 aromatic rings. The average Bonchev–Trinajstić information content (AvgIpc) is 3.44. The maximum atomic E-state index is 13.2. The topological polar surface area (TPSA) is 86.3 Å². The summed E-state index contributed by atoms with van der Waals surface area (Å²) in [5.74, 6) is 0.692. The van der Waals surface area contributed by atoms with Crippen molar-refractivity contribution in [3.05, 3.63) is 71.2 Å². The molecule has 2 aromatic carbocycles. The first-order valence-corrected chi connectivity index (χ1v) is 10.1. The highest BCUT2D eigenvalue weighted by Gasteiger charge is 2.30. The summed E-state index contributed by atoms with van der Waals surface area (Å²) in [5.41, 5.74) is 3.59. The molecule has 8 nitrogen and oxygen atoms in total. The fourth-order valence-corrected chi connectivity index (χ4v) is 3.97. The molecule has 0 saturated carbocycles. The maximum absolute atomic E-state index is 13.2. The number of carbonyl (C=O) groups excluding carboxylic acids is 1. The molecule has 162 valence electrons. The van der Waals surface area contributed by atoms with Crippen LogP contribution in [0.2, 0.25) is 0 Å². The number of hydrogen-bond acceptors (Lipinski definition) is 6. The van der Waals surface area contributed by atoms with Crippen molar-refractivity contribution >= 4 is 5.91 Å². The van der Waals surface area contributed by atoms with Crippen molar-refractivity contribution in [3.63, 3.8) is 0 Å². The summed E-state index contributed by atoms with van der Waals surface area (Å²) < 4.78 is 25.8. The molecule has 1 aliphatic heterocycles. The second-order valence-corrected chi connectivity index (χ2v) is 7.50. The molecule has 3 heterocycles. The number of aromatic nitrogens is 4. The van der Waals surface area contributed by atoms with E-state index in [9.17, 15) is 9.18 Å². The van der Waals surface area contributed by atoms with Crippen molar-refractivity contribution in [2.45, 2.75) is 13.0 Å². The number of benzene rings is 2. The van der Waals surface area contributed by atoms with E-state index >= 15 is 0 Å². The number of hydrogen-bond donors (Lipinski definition) is 0. The first-order valence-electron chi connectivity index (χ1n) is 10.1. The maximum Gasteiger partial charge on any atom is 0.279 e. The van der Waals surface area contributed by atoms with Crippen LogP contribution < -0.4 is 4.74 Å². The van der Waals surface area contributed by atoms with Gasteiger partial charge in [0.25, 0.3) is 11.8 Å². The van der Waals surface area contributed by atoms with E-state index in [-0.39, 0.29) is 17.6 Å². The summed E-state index contributed by atoms with van der Waals surface area (Å²) in [4.78, 5) is 19.4. The van der Waals surface area contributed by atoms with Gasteiger partial charge in [-0.05, 0) is 36.4 Å². The smallest absolute Gasteiger partial charge is 0.279 e. The van der Waals surface area contributed by atoms with E-state index < -0.39 is 0 Å².